The van der Waals surface area contributed by atoms with Crippen molar-refractivity contribution in [1.29, 1.82) is 0 Å². The maximum absolute atomic E-state index is 11.8. The van der Waals surface area contributed by atoms with Gasteiger partial charge in [-0.15, -0.1) is 0 Å². The van der Waals surface area contributed by atoms with Crippen LogP contribution in [0.4, 0.5) is 0 Å². The van der Waals surface area contributed by atoms with Crippen LogP contribution in [0.3, 0.4) is 0 Å². The molecule has 1 aromatic rings. The Balaban J connectivity index is 2.50. The second-order valence-corrected chi connectivity index (χ2v) is 4.19. The van der Waals surface area contributed by atoms with Crippen molar-refractivity contribution in [3.63, 3.8) is 0 Å². The monoisotopic (exact) mass is 271 g/mol. The van der Waals surface area contributed by atoms with Crippen LogP contribution in [0.15, 0.2) is 24.3 Å². The van der Waals surface area contributed by atoms with Crippen molar-refractivity contribution in [2.45, 2.75) is 19.4 Å². The average molecular weight is 272 g/mol. The summed E-state index contributed by atoms with van der Waals surface area (Å²) in [5, 5.41) is 3.39. The van der Waals surface area contributed by atoms with Crippen molar-refractivity contribution in [1.82, 2.24) is 5.32 Å². The Kier molecular flexibility index (Phi) is 6.54. The summed E-state index contributed by atoms with van der Waals surface area (Å²) in [4.78, 5) is 11.8. The van der Waals surface area contributed by atoms with Gasteiger partial charge >= 0.3 is 0 Å². The van der Waals surface area contributed by atoms with E-state index in [4.69, 9.17) is 21.1 Å². The molecule has 0 aliphatic rings. The summed E-state index contributed by atoms with van der Waals surface area (Å²) >= 11 is 5.78. The SMILES string of the molecule is CCC(Oc1ccc(Cl)cc1)C(=O)NCCOC. The lowest BCUT2D eigenvalue weighted by molar-refractivity contribution is -0.128. The first-order chi connectivity index (χ1) is 8.67. The number of ether oxygens (including phenoxy) is 2. The van der Waals surface area contributed by atoms with Crippen LogP contribution in [-0.4, -0.2) is 32.3 Å². The molecule has 5 heteroatoms. The van der Waals surface area contributed by atoms with E-state index < -0.39 is 6.10 Å². The number of methoxy groups -OCH3 is 1. The van der Waals surface area contributed by atoms with Crippen LogP contribution in [0.25, 0.3) is 0 Å². The molecule has 0 aromatic heterocycles. The molecule has 0 heterocycles. The summed E-state index contributed by atoms with van der Waals surface area (Å²) in [7, 11) is 1.59. The third kappa shape index (κ3) is 4.94. The molecule has 100 valence electrons. The van der Waals surface area contributed by atoms with Gasteiger partial charge in [-0.05, 0) is 30.7 Å². The third-order valence-electron chi connectivity index (χ3n) is 2.36. The minimum absolute atomic E-state index is 0.135. The maximum Gasteiger partial charge on any atom is 0.261 e. The van der Waals surface area contributed by atoms with Crippen molar-refractivity contribution in [3.05, 3.63) is 29.3 Å². The Bertz CT molecular complexity index is 367. The fourth-order valence-electron chi connectivity index (χ4n) is 1.39. The van der Waals surface area contributed by atoms with Gasteiger partial charge in [0.2, 0.25) is 0 Å². The van der Waals surface area contributed by atoms with Gasteiger partial charge in [0.05, 0.1) is 6.61 Å². The Morgan fingerprint density at radius 2 is 2.06 bits per heavy atom. The standard InChI is InChI=1S/C13H18ClNO3/c1-3-12(13(16)15-8-9-17-2)18-11-6-4-10(14)5-7-11/h4-7,12H,3,8-9H2,1-2H3,(H,15,16). The minimum Gasteiger partial charge on any atom is -0.481 e. The van der Waals surface area contributed by atoms with Crippen LogP contribution in [0.5, 0.6) is 5.75 Å². The van der Waals surface area contributed by atoms with Gasteiger partial charge in [0.15, 0.2) is 6.10 Å². The molecule has 0 aliphatic carbocycles. The smallest absolute Gasteiger partial charge is 0.261 e. The number of amides is 1. The van der Waals surface area contributed by atoms with E-state index in [1.165, 1.54) is 0 Å². The van der Waals surface area contributed by atoms with Gasteiger partial charge in [-0.25, -0.2) is 0 Å². The fourth-order valence-corrected chi connectivity index (χ4v) is 1.52. The van der Waals surface area contributed by atoms with Crippen LogP contribution in [-0.2, 0) is 9.53 Å². The van der Waals surface area contributed by atoms with E-state index in [-0.39, 0.29) is 5.91 Å². The highest BCUT2D eigenvalue weighted by Gasteiger charge is 2.17. The molecule has 0 bridgehead atoms. The molecule has 1 atom stereocenters. The molecule has 0 aliphatic heterocycles. The second kappa shape index (κ2) is 7.95. The molecule has 0 saturated carbocycles. The first-order valence-corrected chi connectivity index (χ1v) is 6.24. The Morgan fingerprint density at radius 1 is 1.39 bits per heavy atom. The highest BCUT2D eigenvalue weighted by molar-refractivity contribution is 6.30. The Labute approximate surface area is 112 Å². The van der Waals surface area contributed by atoms with E-state index >= 15 is 0 Å². The number of carbonyl (C=O) groups excluding carboxylic acids is 1. The van der Waals surface area contributed by atoms with Crippen molar-refractivity contribution >= 4 is 17.5 Å². The quantitative estimate of drug-likeness (QED) is 0.774. The molecule has 1 unspecified atom stereocenters. The zero-order valence-electron chi connectivity index (χ0n) is 10.6. The average Bonchev–Trinajstić information content (AvgIpc) is 2.38. The fraction of sp³-hybridized carbons (Fsp3) is 0.462. The van der Waals surface area contributed by atoms with Crippen molar-refractivity contribution < 1.29 is 14.3 Å². The molecule has 0 spiro atoms. The van der Waals surface area contributed by atoms with E-state index in [9.17, 15) is 4.79 Å². The van der Waals surface area contributed by atoms with Gasteiger partial charge in [0, 0.05) is 18.7 Å². The van der Waals surface area contributed by atoms with Gasteiger partial charge in [0.25, 0.3) is 5.91 Å². The topological polar surface area (TPSA) is 47.6 Å². The largest absolute Gasteiger partial charge is 0.481 e. The van der Waals surface area contributed by atoms with E-state index in [1.54, 1.807) is 31.4 Å². The Hall–Kier alpha value is -1.26. The first-order valence-electron chi connectivity index (χ1n) is 5.86. The Morgan fingerprint density at radius 3 is 2.61 bits per heavy atom. The molecule has 0 saturated heterocycles. The van der Waals surface area contributed by atoms with Crippen LogP contribution in [0.1, 0.15) is 13.3 Å². The van der Waals surface area contributed by atoms with E-state index in [0.717, 1.165) is 0 Å². The summed E-state index contributed by atoms with van der Waals surface area (Å²) < 4.78 is 10.5. The highest BCUT2D eigenvalue weighted by atomic mass is 35.5. The van der Waals surface area contributed by atoms with Gasteiger partial charge in [0.1, 0.15) is 5.75 Å². The van der Waals surface area contributed by atoms with Gasteiger partial charge < -0.3 is 14.8 Å². The highest BCUT2D eigenvalue weighted by Crippen LogP contribution is 2.17. The molecule has 0 fully saturated rings. The molecule has 18 heavy (non-hydrogen) atoms. The lowest BCUT2D eigenvalue weighted by Gasteiger charge is -2.17. The van der Waals surface area contributed by atoms with E-state index in [0.29, 0.717) is 30.3 Å². The summed E-state index contributed by atoms with van der Waals surface area (Å²) in [6, 6.07) is 6.94. The number of hydrogen-bond donors (Lipinski definition) is 1. The molecular formula is C13H18ClNO3. The molecule has 1 rings (SSSR count). The number of benzene rings is 1. The first kappa shape index (κ1) is 14.8. The van der Waals surface area contributed by atoms with E-state index in [2.05, 4.69) is 5.32 Å². The van der Waals surface area contributed by atoms with Gasteiger partial charge in [-0.2, -0.15) is 0 Å². The molecule has 1 amide bonds. The number of carbonyl (C=O) groups is 1. The minimum atomic E-state index is -0.497. The van der Waals surface area contributed by atoms with Crippen LogP contribution < -0.4 is 10.1 Å². The lowest BCUT2D eigenvalue weighted by atomic mass is 10.2. The van der Waals surface area contributed by atoms with Crippen molar-refractivity contribution in [3.8, 4) is 5.75 Å². The second-order valence-electron chi connectivity index (χ2n) is 3.75. The third-order valence-corrected chi connectivity index (χ3v) is 2.61. The van der Waals surface area contributed by atoms with Gasteiger partial charge in [-0.1, -0.05) is 18.5 Å². The molecule has 4 nitrogen and oxygen atoms in total. The predicted octanol–water partition coefficient (Wildman–Crippen LogP) is 2.26. The summed E-state index contributed by atoms with van der Waals surface area (Å²) in [6.45, 7) is 2.87. The molecular weight excluding hydrogens is 254 g/mol. The predicted molar refractivity (Wildman–Crippen MR) is 71.0 cm³/mol. The normalized spacial score (nSPS) is 11.9. The molecule has 1 N–H and O–H groups in total. The number of hydrogen-bond acceptors (Lipinski definition) is 3. The van der Waals surface area contributed by atoms with Crippen LogP contribution >= 0.6 is 11.6 Å². The van der Waals surface area contributed by atoms with Crippen molar-refractivity contribution in [2.24, 2.45) is 0 Å². The van der Waals surface area contributed by atoms with Gasteiger partial charge in [-0.3, -0.25) is 4.79 Å². The molecule has 0 radical (unpaired) electrons. The van der Waals surface area contributed by atoms with Crippen LogP contribution in [0.2, 0.25) is 5.02 Å². The number of rotatable bonds is 7. The van der Waals surface area contributed by atoms with Crippen molar-refractivity contribution in [2.75, 3.05) is 20.3 Å². The summed E-state index contributed by atoms with van der Waals surface area (Å²) in [5.74, 6) is 0.498. The number of nitrogens with one attached hydrogen (secondary N) is 1. The zero-order chi connectivity index (χ0) is 13.4. The van der Waals surface area contributed by atoms with E-state index in [1.807, 2.05) is 6.92 Å². The maximum atomic E-state index is 11.8. The summed E-state index contributed by atoms with van der Waals surface area (Å²) in [6.07, 6.45) is 0.101. The summed E-state index contributed by atoms with van der Waals surface area (Å²) in [5.41, 5.74) is 0. The zero-order valence-corrected chi connectivity index (χ0v) is 11.4. The molecule has 1 aromatic carbocycles. The number of halogens is 1. The lowest BCUT2D eigenvalue weighted by Crippen LogP contribution is -2.39. The van der Waals surface area contributed by atoms with Crippen LogP contribution in [0, 0.1) is 0 Å².